The first-order chi connectivity index (χ1) is 15.3. The number of piperazine rings is 1. The van der Waals surface area contributed by atoms with Gasteiger partial charge in [0.25, 0.3) is 5.56 Å². The molecular weight excluding hydrogens is 427 g/mol. The number of nitrogens with zero attached hydrogens (tertiary/aromatic N) is 5. The van der Waals surface area contributed by atoms with Crippen LogP contribution in [0.4, 0.5) is 19.0 Å². The number of hydrogen-bond acceptors (Lipinski definition) is 7. The average Bonchev–Trinajstić information content (AvgIpc) is 3.61. The van der Waals surface area contributed by atoms with Crippen molar-refractivity contribution >= 4 is 11.8 Å². The van der Waals surface area contributed by atoms with Crippen LogP contribution in [0, 0.1) is 0 Å². The highest BCUT2D eigenvalue weighted by Crippen LogP contribution is 2.40. The van der Waals surface area contributed by atoms with Crippen LogP contribution in [0.3, 0.4) is 0 Å². The summed E-state index contributed by atoms with van der Waals surface area (Å²) < 4.78 is 45.9. The summed E-state index contributed by atoms with van der Waals surface area (Å²) in [6.07, 6.45) is -1.65. The second-order valence-corrected chi connectivity index (χ2v) is 7.93. The van der Waals surface area contributed by atoms with Gasteiger partial charge in [0, 0.05) is 38.3 Å². The van der Waals surface area contributed by atoms with Crippen molar-refractivity contribution in [1.29, 1.82) is 0 Å². The maximum absolute atomic E-state index is 13.3. The minimum atomic E-state index is -4.70. The van der Waals surface area contributed by atoms with Gasteiger partial charge in [0.2, 0.25) is 0 Å². The standard InChI is InChI=1S/C21H24F3N5O3/c1-2-32-20(31)15-5-6-18(25-12-15)28-9-7-27(8-10-28)13-29-19(30)16(21(22,23)24)11-17(26-29)14-3-4-14/h5-6,11-12,14H,2-4,7-10,13H2,1H3. The van der Waals surface area contributed by atoms with E-state index < -0.39 is 23.3 Å². The Morgan fingerprint density at radius 2 is 1.91 bits per heavy atom. The first kappa shape index (κ1) is 22.3. The molecule has 0 N–H and O–H groups in total. The lowest BCUT2D eigenvalue weighted by Crippen LogP contribution is -2.48. The lowest BCUT2D eigenvalue weighted by Gasteiger charge is -2.35. The minimum absolute atomic E-state index is 0.00320. The molecule has 1 aliphatic heterocycles. The number of carbonyl (C=O) groups is 1. The lowest BCUT2D eigenvalue weighted by molar-refractivity contribution is -0.139. The Bertz CT molecular complexity index is 1030. The topological polar surface area (TPSA) is 80.6 Å². The zero-order chi connectivity index (χ0) is 22.9. The van der Waals surface area contributed by atoms with Gasteiger partial charge in [-0.3, -0.25) is 9.69 Å². The molecule has 2 aromatic rings. The first-order valence-electron chi connectivity index (χ1n) is 10.6. The Morgan fingerprint density at radius 1 is 1.19 bits per heavy atom. The van der Waals surface area contributed by atoms with E-state index in [0.717, 1.165) is 23.6 Å². The lowest BCUT2D eigenvalue weighted by atomic mass is 10.2. The van der Waals surface area contributed by atoms with Crippen LogP contribution in [0.15, 0.2) is 29.2 Å². The summed E-state index contributed by atoms with van der Waals surface area (Å²) in [6, 6.07) is 4.29. The molecule has 0 bridgehead atoms. The van der Waals surface area contributed by atoms with Crippen LogP contribution in [0.2, 0.25) is 0 Å². The molecule has 0 radical (unpaired) electrons. The molecule has 0 unspecified atom stereocenters. The van der Waals surface area contributed by atoms with E-state index in [1.54, 1.807) is 19.1 Å². The van der Waals surface area contributed by atoms with E-state index in [-0.39, 0.29) is 19.2 Å². The number of hydrogen-bond donors (Lipinski definition) is 0. The molecule has 0 atom stereocenters. The molecule has 0 spiro atoms. The highest BCUT2D eigenvalue weighted by molar-refractivity contribution is 5.89. The van der Waals surface area contributed by atoms with E-state index in [4.69, 9.17) is 4.74 Å². The fraction of sp³-hybridized carbons (Fsp3) is 0.524. The number of ether oxygens (including phenoxy) is 1. The van der Waals surface area contributed by atoms with Crippen molar-refractivity contribution in [3.63, 3.8) is 0 Å². The zero-order valence-electron chi connectivity index (χ0n) is 17.6. The molecule has 11 heteroatoms. The van der Waals surface area contributed by atoms with E-state index in [2.05, 4.69) is 10.1 Å². The fourth-order valence-corrected chi connectivity index (χ4v) is 3.66. The summed E-state index contributed by atoms with van der Waals surface area (Å²) in [5.74, 6) is 0.271. The van der Waals surface area contributed by atoms with Crippen LogP contribution in [0.25, 0.3) is 0 Å². The van der Waals surface area contributed by atoms with Gasteiger partial charge < -0.3 is 9.64 Å². The van der Waals surface area contributed by atoms with Gasteiger partial charge in [-0.05, 0) is 38.0 Å². The SMILES string of the molecule is CCOC(=O)c1ccc(N2CCN(Cn3nc(C4CC4)cc(C(F)(F)F)c3=O)CC2)nc1. The minimum Gasteiger partial charge on any atom is -0.462 e. The largest absolute Gasteiger partial charge is 0.462 e. The van der Waals surface area contributed by atoms with Gasteiger partial charge in [-0.1, -0.05) is 0 Å². The van der Waals surface area contributed by atoms with E-state index in [1.165, 1.54) is 6.20 Å². The highest BCUT2D eigenvalue weighted by atomic mass is 19.4. The Kier molecular flexibility index (Phi) is 6.18. The molecule has 1 saturated heterocycles. The average molecular weight is 451 g/mol. The third-order valence-electron chi connectivity index (χ3n) is 5.58. The highest BCUT2D eigenvalue weighted by Gasteiger charge is 2.37. The predicted octanol–water partition coefficient (Wildman–Crippen LogP) is 2.49. The van der Waals surface area contributed by atoms with Crippen molar-refractivity contribution in [2.45, 2.75) is 38.5 Å². The van der Waals surface area contributed by atoms with Crippen LogP contribution < -0.4 is 10.5 Å². The Labute approximate surface area is 182 Å². The first-order valence-corrected chi connectivity index (χ1v) is 10.6. The van der Waals surface area contributed by atoms with Crippen molar-refractivity contribution in [3.8, 4) is 0 Å². The third kappa shape index (κ3) is 4.93. The monoisotopic (exact) mass is 451 g/mol. The summed E-state index contributed by atoms with van der Waals surface area (Å²) in [5.41, 5.74) is -1.56. The zero-order valence-corrected chi connectivity index (χ0v) is 17.6. The molecule has 4 rings (SSSR count). The molecule has 2 fully saturated rings. The molecule has 8 nitrogen and oxygen atoms in total. The van der Waals surface area contributed by atoms with Crippen LogP contribution in [-0.4, -0.2) is 58.4 Å². The van der Waals surface area contributed by atoms with E-state index >= 15 is 0 Å². The van der Waals surface area contributed by atoms with Gasteiger partial charge in [-0.25, -0.2) is 14.5 Å². The van der Waals surface area contributed by atoms with Crippen molar-refractivity contribution in [1.82, 2.24) is 19.7 Å². The maximum Gasteiger partial charge on any atom is 0.421 e. The molecule has 1 aliphatic carbocycles. The molecule has 32 heavy (non-hydrogen) atoms. The number of esters is 1. The van der Waals surface area contributed by atoms with Crippen molar-refractivity contribution in [2.24, 2.45) is 0 Å². The van der Waals surface area contributed by atoms with Crippen LogP contribution in [-0.2, 0) is 17.6 Å². The summed E-state index contributed by atoms with van der Waals surface area (Å²) in [5, 5.41) is 4.21. The van der Waals surface area contributed by atoms with E-state index in [1.807, 2.05) is 9.80 Å². The number of halogens is 3. The summed E-state index contributed by atoms with van der Waals surface area (Å²) in [7, 11) is 0. The third-order valence-corrected chi connectivity index (χ3v) is 5.58. The second kappa shape index (κ2) is 8.89. The molecular formula is C21H24F3N5O3. The van der Waals surface area contributed by atoms with Crippen molar-refractivity contribution in [3.05, 3.63) is 51.6 Å². The van der Waals surface area contributed by atoms with Gasteiger partial charge in [0.05, 0.1) is 24.5 Å². The van der Waals surface area contributed by atoms with Gasteiger partial charge >= 0.3 is 12.1 Å². The summed E-state index contributed by atoms with van der Waals surface area (Å²) in [4.78, 5) is 32.4. The number of anilines is 1. The predicted molar refractivity (Wildman–Crippen MR) is 109 cm³/mol. The molecule has 0 amide bonds. The van der Waals surface area contributed by atoms with Gasteiger partial charge in [-0.15, -0.1) is 0 Å². The number of carbonyl (C=O) groups excluding carboxylic acids is 1. The molecule has 2 aromatic heterocycles. The van der Waals surface area contributed by atoms with Gasteiger partial charge in [0.15, 0.2) is 0 Å². The van der Waals surface area contributed by atoms with Crippen LogP contribution in [0.1, 0.15) is 47.3 Å². The van der Waals surface area contributed by atoms with Crippen molar-refractivity contribution in [2.75, 3.05) is 37.7 Å². The van der Waals surface area contributed by atoms with E-state index in [0.29, 0.717) is 43.3 Å². The normalized spacial score (nSPS) is 17.4. The summed E-state index contributed by atoms with van der Waals surface area (Å²) in [6.45, 7) is 4.24. The van der Waals surface area contributed by atoms with Crippen LogP contribution >= 0.6 is 0 Å². The smallest absolute Gasteiger partial charge is 0.421 e. The molecule has 1 saturated carbocycles. The van der Waals surface area contributed by atoms with Gasteiger partial charge in [0.1, 0.15) is 11.4 Å². The second-order valence-electron chi connectivity index (χ2n) is 7.93. The number of aromatic nitrogens is 3. The summed E-state index contributed by atoms with van der Waals surface area (Å²) >= 11 is 0. The van der Waals surface area contributed by atoms with E-state index in [9.17, 15) is 22.8 Å². The fourth-order valence-electron chi connectivity index (χ4n) is 3.66. The Morgan fingerprint density at radius 3 is 2.47 bits per heavy atom. The quantitative estimate of drug-likeness (QED) is 0.625. The maximum atomic E-state index is 13.3. The Balaban J connectivity index is 1.42. The number of alkyl halides is 3. The van der Waals surface area contributed by atoms with Gasteiger partial charge in [-0.2, -0.15) is 18.3 Å². The number of pyridine rings is 1. The molecule has 3 heterocycles. The molecule has 0 aromatic carbocycles. The number of rotatable bonds is 6. The molecule has 2 aliphatic rings. The van der Waals surface area contributed by atoms with Crippen LogP contribution in [0.5, 0.6) is 0 Å². The molecule has 172 valence electrons. The van der Waals surface area contributed by atoms with Crippen molar-refractivity contribution < 1.29 is 22.7 Å². The Hall–Kier alpha value is -2.95.